The fourth-order valence-corrected chi connectivity index (χ4v) is 5.11. The summed E-state index contributed by atoms with van der Waals surface area (Å²) in [5.74, 6) is -1.13. The average Bonchev–Trinajstić information content (AvgIpc) is 3.24. The largest absolute Gasteiger partial charge is 0.370 e. The summed E-state index contributed by atoms with van der Waals surface area (Å²) in [5, 5.41) is 5.46. The third-order valence-corrected chi connectivity index (χ3v) is 7.60. The van der Waals surface area contributed by atoms with Gasteiger partial charge in [0.2, 0.25) is 5.91 Å². The second kappa shape index (κ2) is 11.5. The van der Waals surface area contributed by atoms with Crippen molar-refractivity contribution in [2.24, 2.45) is 5.92 Å². The Hall–Kier alpha value is -2.53. The van der Waals surface area contributed by atoms with Crippen LogP contribution in [0.5, 0.6) is 0 Å². The van der Waals surface area contributed by atoms with Crippen LogP contribution in [0.15, 0.2) is 30.3 Å². The molecule has 0 radical (unpaired) electrons. The van der Waals surface area contributed by atoms with E-state index in [2.05, 4.69) is 10.6 Å². The van der Waals surface area contributed by atoms with Crippen molar-refractivity contribution in [2.45, 2.75) is 25.3 Å². The van der Waals surface area contributed by atoms with Gasteiger partial charge in [-0.25, -0.2) is 4.39 Å². The highest BCUT2D eigenvalue weighted by Gasteiger charge is 2.29. The summed E-state index contributed by atoms with van der Waals surface area (Å²) in [7, 11) is 1.83. The Morgan fingerprint density at radius 2 is 2.11 bits per heavy atom. The number of morpholine rings is 1. The number of ether oxygens (including phenoxy) is 1. The first-order valence-electron chi connectivity index (χ1n) is 11.5. The molecule has 1 aliphatic carbocycles. The molecule has 1 saturated carbocycles. The van der Waals surface area contributed by atoms with Crippen LogP contribution >= 0.6 is 22.9 Å². The van der Waals surface area contributed by atoms with Gasteiger partial charge in [-0.15, -0.1) is 11.3 Å². The maximum Gasteiger partial charge on any atom is 0.261 e. The summed E-state index contributed by atoms with van der Waals surface area (Å²) in [6.45, 7) is 1.45. The van der Waals surface area contributed by atoms with E-state index in [4.69, 9.17) is 16.3 Å². The highest BCUT2D eigenvalue weighted by atomic mass is 35.5. The zero-order valence-corrected chi connectivity index (χ0v) is 21.0. The number of carbonyl (C=O) groups excluding carboxylic acids is 3. The smallest absolute Gasteiger partial charge is 0.261 e. The number of rotatable bonds is 9. The Morgan fingerprint density at radius 1 is 1.31 bits per heavy atom. The number of benzene rings is 1. The fourth-order valence-electron chi connectivity index (χ4n) is 4.15. The van der Waals surface area contributed by atoms with Crippen LogP contribution in [0.3, 0.4) is 0 Å². The topological polar surface area (TPSA) is 91.0 Å². The van der Waals surface area contributed by atoms with Crippen molar-refractivity contribution in [3.8, 4) is 0 Å². The number of thiophene rings is 1. The van der Waals surface area contributed by atoms with Crippen molar-refractivity contribution in [3.05, 3.63) is 45.4 Å². The van der Waals surface area contributed by atoms with Gasteiger partial charge in [-0.2, -0.15) is 0 Å². The number of halogens is 2. The molecule has 35 heavy (non-hydrogen) atoms. The molecule has 1 aliphatic heterocycles. The van der Waals surface area contributed by atoms with Gasteiger partial charge < -0.3 is 20.3 Å². The highest BCUT2D eigenvalue weighted by molar-refractivity contribution is 7.18. The predicted molar refractivity (Wildman–Crippen MR) is 134 cm³/mol. The van der Waals surface area contributed by atoms with Gasteiger partial charge in [0.25, 0.3) is 11.8 Å². The van der Waals surface area contributed by atoms with E-state index in [9.17, 15) is 18.8 Å². The number of likely N-dealkylation sites (N-methyl/N-ethyl adjacent to an activating group) is 1. The zero-order chi connectivity index (χ0) is 24.9. The van der Waals surface area contributed by atoms with Gasteiger partial charge in [0.15, 0.2) is 0 Å². The minimum atomic E-state index is -0.699. The van der Waals surface area contributed by atoms with E-state index in [1.165, 1.54) is 23.5 Å². The summed E-state index contributed by atoms with van der Waals surface area (Å²) in [6.07, 6.45) is 3.39. The third kappa shape index (κ3) is 6.38. The van der Waals surface area contributed by atoms with E-state index in [1.807, 2.05) is 11.9 Å². The molecule has 1 aromatic heterocycles. The summed E-state index contributed by atoms with van der Waals surface area (Å²) in [4.78, 5) is 41.6. The molecule has 0 bridgehead atoms. The number of hydrogen-bond donors (Lipinski definition) is 2. The summed E-state index contributed by atoms with van der Waals surface area (Å²) >= 11 is 7.08. The molecule has 2 N–H and O–H groups in total. The van der Waals surface area contributed by atoms with Crippen LogP contribution in [0.2, 0.25) is 4.34 Å². The molecule has 2 aliphatic rings. The Balaban J connectivity index is 1.44. The molecule has 11 heteroatoms. The maximum atomic E-state index is 14.9. The Kier molecular flexibility index (Phi) is 8.38. The second-order valence-corrected chi connectivity index (χ2v) is 10.5. The molecule has 188 valence electrons. The lowest BCUT2D eigenvalue weighted by molar-refractivity contribution is -0.125. The number of nitrogens with zero attached hydrogens (tertiary/aromatic N) is 2. The first-order chi connectivity index (χ1) is 16.8. The quantitative estimate of drug-likeness (QED) is 0.527. The van der Waals surface area contributed by atoms with Gasteiger partial charge in [0.05, 0.1) is 21.5 Å². The Bertz CT molecular complexity index is 1090. The number of carbonyl (C=O) groups is 3. The average molecular weight is 523 g/mol. The van der Waals surface area contributed by atoms with E-state index in [-0.39, 0.29) is 30.7 Å². The van der Waals surface area contributed by atoms with Crippen molar-refractivity contribution < 1.29 is 23.5 Å². The van der Waals surface area contributed by atoms with Gasteiger partial charge in [-0.1, -0.05) is 18.0 Å². The van der Waals surface area contributed by atoms with E-state index >= 15 is 0 Å². The van der Waals surface area contributed by atoms with Crippen LogP contribution < -0.4 is 15.5 Å². The Labute approximate surface area is 212 Å². The minimum Gasteiger partial charge on any atom is -0.370 e. The molecule has 3 amide bonds. The molecule has 1 aromatic carbocycles. The van der Waals surface area contributed by atoms with Gasteiger partial charge in [-0.3, -0.25) is 19.3 Å². The normalized spacial score (nSPS) is 17.3. The Morgan fingerprint density at radius 3 is 2.74 bits per heavy atom. The van der Waals surface area contributed by atoms with Crippen LogP contribution in [-0.2, 0) is 14.3 Å². The summed E-state index contributed by atoms with van der Waals surface area (Å²) in [5.41, 5.74) is 0.423. The molecule has 4 rings (SSSR count). The molecule has 2 aromatic rings. The summed E-state index contributed by atoms with van der Waals surface area (Å²) in [6, 6.07) is 6.85. The van der Waals surface area contributed by atoms with E-state index in [0.717, 1.165) is 24.2 Å². The highest BCUT2D eigenvalue weighted by Crippen LogP contribution is 2.28. The number of anilines is 2. The fraction of sp³-hybridized carbons (Fsp3) is 0.458. The number of amides is 3. The first-order valence-corrected chi connectivity index (χ1v) is 12.7. The lowest BCUT2D eigenvalue weighted by atomic mass is 9.85. The first kappa shape index (κ1) is 25.6. The summed E-state index contributed by atoms with van der Waals surface area (Å²) < 4.78 is 20.5. The minimum absolute atomic E-state index is 0.0119. The number of nitrogens with one attached hydrogen (secondary N) is 2. The maximum absolute atomic E-state index is 14.9. The van der Waals surface area contributed by atoms with Gasteiger partial charge in [0, 0.05) is 25.3 Å². The molecular weight excluding hydrogens is 495 g/mol. The third-order valence-electron chi connectivity index (χ3n) is 6.37. The lowest BCUT2D eigenvalue weighted by Gasteiger charge is -2.34. The molecule has 2 heterocycles. The van der Waals surface area contributed by atoms with Crippen molar-refractivity contribution in [1.82, 2.24) is 10.2 Å². The van der Waals surface area contributed by atoms with Crippen LogP contribution in [0, 0.1) is 11.7 Å². The second-order valence-electron chi connectivity index (χ2n) is 8.82. The van der Waals surface area contributed by atoms with Crippen molar-refractivity contribution in [3.63, 3.8) is 0 Å². The van der Waals surface area contributed by atoms with E-state index < -0.39 is 17.8 Å². The van der Waals surface area contributed by atoms with Crippen LogP contribution in [0.4, 0.5) is 15.8 Å². The molecule has 0 unspecified atom stereocenters. The lowest BCUT2D eigenvalue weighted by Crippen LogP contribution is -2.51. The monoisotopic (exact) mass is 522 g/mol. The van der Waals surface area contributed by atoms with Gasteiger partial charge in [0.1, 0.15) is 18.5 Å². The molecular formula is C24H28ClFN4O4S. The van der Waals surface area contributed by atoms with Gasteiger partial charge in [-0.05, 0) is 56.1 Å². The molecule has 2 fully saturated rings. The SMILES string of the molecule is CN(CC1CCC1)[C@@H](CNC(=O)c1ccc(Cl)s1)C(=O)Nc1ccc(N2CCOCC2=O)cc1F. The van der Waals surface area contributed by atoms with Crippen molar-refractivity contribution in [2.75, 3.05) is 50.1 Å². The standard InChI is InChI=1S/C24H28ClFN4O4S/c1-29(13-15-3-2-4-15)19(12-27-24(33)20-7-8-21(25)35-20)23(32)28-18-6-5-16(11-17(18)26)30-9-10-34-14-22(30)31/h5-8,11,15,19H,2-4,9-10,12-14H2,1H3,(H,27,33)(H,28,32)/t19-/m0/s1. The zero-order valence-electron chi connectivity index (χ0n) is 19.4. The van der Waals surface area contributed by atoms with Crippen LogP contribution in [0.1, 0.15) is 28.9 Å². The number of hydrogen-bond acceptors (Lipinski definition) is 6. The molecule has 1 saturated heterocycles. The molecule has 1 atom stereocenters. The van der Waals surface area contributed by atoms with E-state index in [0.29, 0.717) is 40.5 Å². The molecule has 8 nitrogen and oxygen atoms in total. The van der Waals surface area contributed by atoms with Crippen molar-refractivity contribution in [1.29, 1.82) is 0 Å². The molecule has 0 spiro atoms. The van der Waals surface area contributed by atoms with Crippen LogP contribution in [0.25, 0.3) is 0 Å². The van der Waals surface area contributed by atoms with E-state index in [1.54, 1.807) is 18.2 Å². The predicted octanol–water partition coefficient (Wildman–Crippen LogP) is 3.37. The van der Waals surface area contributed by atoms with Crippen LogP contribution in [-0.4, -0.2) is 68.6 Å². The van der Waals surface area contributed by atoms with Gasteiger partial charge >= 0.3 is 0 Å². The van der Waals surface area contributed by atoms with Crippen molar-refractivity contribution >= 4 is 52.0 Å².